The molecule has 1 amide bonds. The predicted molar refractivity (Wildman–Crippen MR) is 67.7 cm³/mol. The van der Waals surface area contributed by atoms with Crippen LogP contribution in [0.3, 0.4) is 0 Å². The zero-order valence-electron chi connectivity index (χ0n) is 10.1. The summed E-state index contributed by atoms with van der Waals surface area (Å²) in [5, 5.41) is 11.4. The van der Waals surface area contributed by atoms with E-state index >= 15 is 0 Å². The highest BCUT2D eigenvalue weighted by atomic mass is 32.2. The molecule has 0 saturated carbocycles. The van der Waals surface area contributed by atoms with E-state index in [1.54, 1.807) is 13.2 Å². The van der Waals surface area contributed by atoms with E-state index in [0.29, 0.717) is 0 Å². The van der Waals surface area contributed by atoms with Gasteiger partial charge >= 0.3 is 0 Å². The van der Waals surface area contributed by atoms with Crippen molar-refractivity contribution in [3.8, 4) is 0 Å². The molecule has 1 rings (SSSR count). The van der Waals surface area contributed by atoms with E-state index in [2.05, 4.69) is 5.32 Å². The molecular formula is C12H15F2NO2S. The number of halogens is 2. The second-order valence-corrected chi connectivity index (χ2v) is 4.90. The van der Waals surface area contributed by atoms with Crippen LogP contribution in [0.5, 0.6) is 0 Å². The molecule has 0 heterocycles. The van der Waals surface area contributed by atoms with E-state index < -0.39 is 17.5 Å². The van der Waals surface area contributed by atoms with Gasteiger partial charge in [0.05, 0.1) is 12.2 Å². The molecule has 1 aromatic rings. The topological polar surface area (TPSA) is 49.3 Å². The molecule has 0 aromatic heterocycles. The molecule has 0 aliphatic heterocycles. The number of benzene rings is 1. The van der Waals surface area contributed by atoms with Crippen molar-refractivity contribution in [1.29, 1.82) is 0 Å². The second kappa shape index (κ2) is 6.70. The zero-order valence-corrected chi connectivity index (χ0v) is 10.9. The molecule has 2 atom stereocenters. The largest absolute Gasteiger partial charge is 0.395 e. The van der Waals surface area contributed by atoms with Crippen molar-refractivity contribution < 1.29 is 18.7 Å². The van der Waals surface area contributed by atoms with Gasteiger partial charge in [-0.1, -0.05) is 6.07 Å². The van der Waals surface area contributed by atoms with Crippen LogP contribution in [0, 0.1) is 11.6 Å². The summed E-state index contributed by atoms with van der Waals surface area (Å²) in [5.74, 6) is -2.90. The minimum absolute atomic E-state index is 0.103. The first-order valence-electron chi connectivity index (χ1n) is 5.39. The SMILES string of the molecule is CSC(CO)C(C)NC(=O)c1cccc(F)c1F. The highest BCUT2D eigenvalue weighted by molar-refractivity contribution is 7.99. The Morgan fingerprint density at radius 2 is 2.17 bits per heavy atom. The Hall–Kier alpha value is -1.14. The number of hydrogen-bond acceptors (Lipinski definition) is 3. The van der Waals surface area contributed by atoms with E-state index in [1.807, 2.05) is 0 Å². The average Bonchev–Trinajstić information content (AvgIpc) is 2.34. The number of hydrogen-bond donors (Lipinski definition) is 2. The van der Waals surface area contributed by atoms with E-state index in [1.165, 1.54) is 23.9 Å². The fourth-order valence-corrected chi connectivity index (χ4v) is 2.12. The molecule has 0 aliphatic rings. The third-order valence-electron chi connectivity index (χ3n) is 2.60. The van der Waals surface area contributed by atoms with Crippen molar-refractivity contribution in [2.45, 2.75) is 18.2 Å². The summed E-state index contributed by atoms with van der Waals surface area (Å²) in [6, 6.07) is 3.09. The van der Waals surface area contributed by atoms with Gasteiger partial charge < -0.3 is 10.4 Å². The van der Waals surface area contributed by atoms with Crippen molar-refractivity contribution in [3.05, 3.63) is 35.4 Å². The standard InChI is InChI=1S/C12H15F2NO2S/c1-7(10(6-16)18-2)15-12(17)8-4-3-5-9(13)11(8)14/h3-5,7,10,16H,6H2,1-2H3,(H,15,17). The minimum atomic E-state index is -1.16. The van der Waals surface area contributed by atoms with Gasteiger partial charge in [-0.2, -0.15) is 11.8 Å². The van der Waals surface area contributed by atoms with E-state index in [4.69, 9.17) is 5.11 Å². The highest BCUT2D eigenvalue weighted by Crippen LogP contribution is 2.14. The van der Waals surface area contributed by atoms with Crippen molar-refractivity contribution in [2.75, 3.05) is 12.9 Å². The molecule has 0 fully saturated rings. The maximum Gasteiger partial charge on any atom is 0.254 e. The van der Waals surface area contributed by atoms with Gasteiger partial charge in [0.15, 0.2) is 11.6 Å². The number of nitrogens with one attached hydrogen (secondary N) is 1. The first-order valence-corrected chi connectivity index (χ1v) is 6.68. The lowest BCUT2D eigenvalue weighted by molar-refractivity contribution is 0.0931. The van der Waals surface area contributed by atoms with Gasteiger partial charge in [0.2, 0.25) is 0 Å². The van der Waals surface area contributed by atoms with Crippen LogP contribution >= 0.6 is 11.8 Å². The van der Waals surface area contributed by atoms with Crippen LogP contribution in [0.1, 0.15) is 17.3 Å². The smallest absolute Gasteiger partial charge is 0.254 e. The number of thioether (sulfide) groups is 1. The van der Waals surface area contributed by atoms with Crippen LogP contribution in [0.25, 0.3) is 0 Å². The van der Waals surface area contributed by atoms with Crippen molar-refractivity contribution in [1.82, 2.24) is 5.32 Å². The fourth-order valence-electron chi connectivity index (χ4n) is 1.49. The summed E-state index contributed by atoms with van der Waals surface area (Å²) in [6.45, 7) is 1.60. The van der Waals surface area contributed by atoms with Crippen molar-refractivity contribution in [2.24, 2.45) is 0 Å². The van der Waals surface area contributed by atoms with Crippen molar-refractivity contribution in [3.63, 3.8) is 0 Å². The predicted octanol–water partition coefficient (Wildman–Crippen LogP) is 1.81. The van der Waals surface area contributed by atoms with E-state index in [-0.39, 0.29) is 23.5 Å². The number of amides is 1. The zero-order chi connectivity index (χ0) is 13.7. The Morgan fingerprint density at radius 1 is 1.50 bits per heavy atom. The van der Waals surface area contributed by atoms with E-state index in [0.717, 1.165) is 6.07 Å². The maximum absolute atomic E-state index is 13.4. The van der Waals surface area contributed by atoms with Gasteiger partial charge in [-0.05, 0) is 25.3 Å². The van der Waals surface area contributed by atoms with Gasteiger partial charge in [0.1, 0.15) is 0 Å². The highest BCUT2D eigenvalue weighted by Gasteiger charge is 2.21. The van der Waals surface area contributed by atoms with Crippen LogP contribution in [-0.2, 0) is 0 Å². The van der Waals surface area contributed by atoms with Gasteiger partial charge in [-0.25, -0.2) is 8.78 Å². The first kappa shape index (κ1) is 14.9. The normalized spacial score (nSPS) is 14.1. The molecule has 6 heteroatoms. The quantitative estimate of drug-likeness (QED) is 0.861. The summed E-state index contributed by atoms with van der Waals surface area (Å²) >= 11 is 1.39. The van der Waals surface area contributed by atoms with Crippen molar-refractivity contribution >= 4 is 17.7 Å². The Balaban J connectivity index is 2.79. The Kier molecular flexibility index (Phi) is 5.55. The lowest BCUT2D eigenvalue weighted by atomic mass is 10.1. The molecule has 0 saturated heterocycles. The summed E-state index contributed by atoms with van der Waals surface area (Å²) in [5.41, 5.74) is -0.334. The Bertz CT molecular complexity index is 425. The maximum atomic E-state index is 13.4. The lowest BCUT2D eigenvalue weighted by Gasteiger charge is -2.21. The fraction of sp³-hybridized carbons (Fsp3) is 0.417. The van der Waals surface area contributed by atoms with Gasteiger partial charge in [-0.3, -0.25) is 4.79 Å². The van der Waals surface area contributed by atoms with Gasteiger partial charge in [0.25, 0.3) is 5.91 Å². The van der Waals surface area contributed by atoms with Gasteiger partial charge in [0, 0.05) is 11.3 Å². The molecule has 0 spiro atoms. The molecule has 0 aliphatic carbocycles. The molecular weight excluding hydrogens is 260 g/mol. The number of carbonyl (C=O) groups is 1. The molecule has 0 radical (unpaired) electrons. The Morgan fingerprint density at radius 3 is 2.72 bits per heavy atom. The minimum Gasteiger partial charge on any atom is -0.395 e. The summed E-state index contributed by atoms with van der Waals surface area (Å²) < 4.78 is 26.3. The van der Waals surface area contributed by atoms with Crippen LogP contribution in [0.15, 0.2) is 18.2 Å². The van der Waals surface area contributed by atoms with Crippen LogP contribution in [-0.4, -0.2) is 35.2 Å². The Labute approximate surface area is 109 Å². The molecule has 100 valence electrons. The second-order valence-electron chi connectivity index (χ2n) is 3.82. The average molecular weight is 275 g/mol. The number of rotatable bonds is 5. The van der Waals surface area contributed by atoms with Crippen LogP contribution in [0.2, 0.25) is 0 Å². The molecule has 3 nitrogen and oxygen atoms in total. The molecule has 1 aromatic carbocycles. The number of aliphatic hydroxyl groups excluding tert-OH is 1. The number of aliphatic hydroxyl groups is 1. The molecule has 2 N–H and O–H groups in total. The molecule has 0 bridgehead atoms. The lowest BCUT2D eigenvalue weighted by Crippen LogP contribution is -2.41. The molecule has 18 heavy (non-hydrogen) atoms. The monoisotopic (exact) mass is 275 g/mol. The number of carbonyl (C=O) groups excluding carboxylic acids is 1. The van der Waals surface area contributed by atoms with Crippen LogP contribution < -0.4 is 5.32 Å². The first-order chi connectivity index (χ1) is 8.51. The molecule has 2 unspecified atom stereocenters. The van der Waals surface area contributed by atoms with Gasteiger partial charge in [-0.15, -0.1) is 0 Å². The third-order valence-corrected chi connectivity index (χ3v) is 3.76. The summed E-state index contributed by atoms with van der Waals surface area (Å²) in [4.78, 5) is 11.8. The van der Waals surface area contributed by atoms with Crippen LogP contribution in [0.4, 0.5) is 8.78 Å². The summed E-state index contributed by atoms with van der Waals surface area (Å²) in [7, 11) is 0. The van der Waals surface area contributed by atoms with E-state index in [9.17, 15) is 13.6 Å². The summed E-state index contributed by atoms with van der Waals surface area (Å²) in [6.07, 6.45) is 1.80. The third kappa shape index (κ3) is 3.43.